The predicted octanol–water partition coefficient (Wildman–Crippen LogP) is 4.10. The van der Waals surface area contributed by atoms with Crippen LogP contribution in [0.1, 0.15) is 46.8 Å². The molecule has 1 aliphatic heterocycles. The summed E-state index contributed by atoms with van der Waals surface area (Å²) < 4.78 is 1.98. The van der Waals surface area contributed by atoms with Gasteiger partial charge in [-0.05, 0) is 37.0 Å². The van der Waals surface area contributed by atoms with E-state index in [0.29, 0.717) is 5.92 Å². The highest BCUT2D eigenvalue weighted by Gasteiger charge is 2.34. The van der Waals surface area contributed by atoms with Crippen molar-refractivity contribution in [3.05, 3.63) is 83.7 Å². The van der Waals surface area contributed by atoms with E-state index in [1.807, 2.05) is 27.8 Å². The SMILES string of the molecule is O=C(c1cnn(-c2ccccc2)c1C1CC1)N1CCCN(Cc2ccccc2)CC1. The molecule has 5 rings (SSSR count). The summed E-state index contributed by atoms with van der Waals surface area (Å²) in [5.41, 5.74) is 4.25. The number of rotatable bonds is 5. The second kappa shape index (κ2) is 8.44. The first kappa shape index (κ1) is 19.1. The molecule has 0 atom stereocenters. The van der Waals surface area contributed by atoms with Crippen LogP contribution in [-0.4, -0.2) is 51.7 Å². The molecular formula is C25H28N4O. The summed E-state index contributed by atoms with van der Waals surface area (Å²) in [5, 5.41) is 4.62. The highest BCUT2D eigenvalue weighted by molar-refractivity contribution is 5.95. The molecule has 5 nitrogen and oxygen atoms in total. The second-order valence-electron chi connectivity index (χ2n) is 8.37. The molecule has 1 amide bonds. The Morgan fingerprint density at radius 2 is 1.63 bits per heavy atom. The minimum absolute atomic E-state index is 0.139. The number of carbonyl (C=O) groups excluding carboxylic acids is 1. The number of hydrogen-bond donors (Lipinski definition) is 0. The Morgan fingerprint density at radius 1 is 0.900 bits per heavy atom. The van der Waals surface area contributed by atoms with Crippen LogP contribution in [0.2, 0.25) is 0 Å². The average Bonchev–Trinajstić information content (AvgIpc) is 3.58. The summed E-state index contributed by atoms with van der Waals surface area (Å²) in [4.78, 5) is 18.0. The number of hydrogen-bond acceptors (Lipinski definition) is 3. The van der Waals surface area contributed by atoms with Gasteiger partial charge in [-0.3, -0.25) is 9.69 Å². The standard InChI is InChI=1S/C25H28N4O/c30-25(28-15-7-14-27(16-17-28)19-20-8-3-1-4-9-20)23-18-26-29(24(23)21-12-13-21)22-10-5-2-6-11-22/h1-6,8-11,18,21H,7,12-17,19H2. The van der Waals surface area contributed by atoms with E-state index in [1.54, 1.807) is 6.20 Å². The number of benzene rings is 2. The molecule has 154 valence electrons. The maximum atomic E-state index is 13.5. The van der Waals surface area contributed by atoms with Crippen LogP contribution in [0.5, 0.6) is 0 Å². The summed E-state index contributed by atoms with van der Waals surface area (Å²) in [6, 6.07) is 20.7. The lowest BCUT2D eigenvalue weighted by Gasteiger charge is -2.22. The van der Waals surface area contributed by atoms with Crippen molar-refractivity contribution in [2.75, 3.05) is 26.2 Å². The van der Waals surface area contributed by atoms with E-state index in [4.69, 9.17) is 0 Å². The molecule has 2 aromatic carbocycles. The van der Waals surface area contributed by atoms with Crippen LogP contribution in [-0.2, 0) is 6.54 Å². The molecular weight excluding hydrogens is 372 g/mol. The summed E-state index contributed by atoms with van der Waals surface area (Å²) in [7, 11) is 0. The van der Waals surface area contributed by atoms with E-state index < -0.39 is 0 Å². The van der Waals surface area contributed by atoms with Crippen LogP contribution in [0, 0.1) is 0 Å². The summed E-state index contributed by atoms with van der Waals surface area (Å²) in [5.74, 6) is 0.592. The van der Waals surface area contributed by atoms with Crippen LogP contribution in [0.25, 0.3) is 5.69 Å². The predicted molar refractivity (Wildman–Crippen MR) is 118 cm³/mol. The summed E-state index contributed by atoms with van der Waals surface area (Å²) in [6.45, 7) is 4.46. The number of carbonyl (C=O) groups is 1. The van der Waals surface area contributed by atoms with Gasteiger partial charge in [0.25, 0.3) is 5.91 Å². The largest absolute Gasteiger partial charge is 0.337 e. The van der Waals surface area contributed by atoms with Crippen LogP contribution < -0.4 is 0 Å². The molecule has 1 saturated carbocycles. The van der Waals surface area contributed by atoms with E-state index in [0.717, 1.165) is 68.9 Å². The van der Waals surface area contributed by atoms with Gasteiger partial charge in [0.05, 0.1) is 23.1 Å². The first-order chi connectivity index (χ1) is 14.8. The van der Waals surface area contributed by atoms with Gasteiger partial charge in [-0.1, -0.05) is 48.5 Å². The van der Waals surface area contributed by atoms with Crippen molar-refractivity contribution in [1.29, 1.82) is 0 Å². The van der Waals surface area contributed by atoms with Gasteiger partial charge in [0.15, 0.2) is 0 Å². The zero-order chi connectivity index (χ0) is 20.3. The summed E-state index contributed by atoms with van der Waals surface area (Å²) in [6.07, 6.45) is 5.08. The molecule has 1 aliphatic carbocycles. The molecule has 0 radical (unpaired) electrons. The molecule has 2 heterocycles. The smallest absolute Gasteiger partial charge is 0.257 e. The Morgan fingerprint density at radius 3 is 2.37 bits per heavy atom. The fourth-order valence-electron chi connectivity index (χ4n) is 4.39. The van der Waals surface area contributed by atoms with Gasteiger partial charge >= 0.3 is 0 Å². The first-order valence-electron chi connectivity index (χ1n) is 11.0. The fraction of sp³-hybridized carbons (Fsp3) is 0.360. The lowest BCUT2D eigenvalue weighted by Crippen LogP contribution is -2.35. The zero-order valence-corrected chi connectivity index (χ0v) is 17.3. The Hall–Kier alpha value is -2.92. The number of para-hydroxylation sites is 1. The second-order valence-corrected chi connectivity index (χ2v) is 8.37. The van der Waals surface area contributed by atoms with Crippen molar-refractivity contribution < 1.29 is 4.79 Å². The molecule has 2 fully saturated rings. The Kier molecular flexibility index (Phi) is 5.37. The van der Waals surface area contributed by atoms with Crippen molar-refractivity contribution in [2.45, 2.75) is 31.7 Å². The number of amides is 1. The van der Waals surface area contributed by atoms with Crippen molar-refractivity contribution in [3.63, 3.8) is 0 Å². The maximum absolute atomic E-state index is 13.5. The highest BCUT2D eigenvalue weighted by atomic mass is 16.2. The molecule has 1 saturated heterocycles. The van der Waals surface area contributed by atoms with Gasteiger partial charge in [0.1, 0.15) is 0 Å². The minimum Gasteiger partial charge on any atom is -0.337 e. The molecule has 0 spiro atoms. The van der Waals surface area contributed by atoms with Gasteiger partial charge in [0.2, 0.25) is 0 Å². The molecule has 0 unspecified atom stereocenters. The average molecular weight is 401 g/mol. The van der Waals surface area contributed by atoms with E-state index in [1.165, 1.54) is 5.56 Å². The van der Waals surface area contributed by atoms with Gasteiger partial charge in [-0.15, -0.1) is 0 Å². The van der Waals surface area contributed by atoms with Gasteiger partial charge in [-0.25, -0.2) is 4.68 Å². The van der Waals surface area contributed by atoms with E-state index in [-0.39, 0.29) is 5.91 Å². The molecule has 5 heteroatoms. The van der Waals surface area contributed by atoms with E-state index >= 15 is 0 Å². The zero-order valence-electron chi connectivity index (χ0n) is 17.3. The quantitative estimate of drug-likeness (QED) is 0.648. The monoisotopic (exact) mass is 400 g/mol. The lowest BCUT2D eigenvalue weighted by atomic mass is 10.1. The van der Waals surface area contributed by atoms with Crippen molar-refractivity contribution >= 4 is 5.91 Å². The molecule has 0 bridgehead atoms. The topological polar surface area (TPSA) is 41.4 Å². The molecule has 3 aromatic rings. The molecule has 0 N–H and O–H groups in total. The normalized spacial score (nSPS) is 17.7. The van der Waals surface area contributed by atoms with E-state index in [9.17, 15) is 4.79 Å². The summed E-state index contributed by atoms with van der Waals surface area (Å²) >= 11 is 0. The Labute approximate surface area is 177 Å². The minimum atomic E-state index is 0.139. The lowest BCUT2D eigenvalue weighted by molar-refractivity contribution is 0.0760. The highest BCUT2D eigenvalue weighted by Crippen LogP contribution is 2.42. The maximum Gasteiger partial charge on any atom is 0.257 e. The van der Waals surface area contributed by atoms with Gasteiger partial charge in [-0.2, -0.15) is 5.10 Å². The first-order valence-corrected chi connectivity index (χ1v) is 11.0. The van der Waals surface area contributed by atoms with Crippen LogP contribution in [0.4, 0.5) is 0 Å². The van der Waals surface area contributed by atoms with Gasteiger partial charge < -0.3 is 4.90 Å². The number of aromatic nitrogens is 2. The molecule has 1 aromatic heterocycles. The van der Waals surface area contributed by atoms with Crippen molar-refractivity contribution in [1.82, 2.24) is 19.6 Å². The Balaban J connectivity index is 1.32. The molecule has 30 heavy (non-hydrogen) atoms. The van der Waals surface area contributed by atoms with Crippen LogP contribution in [0.15, 0.2) is 66.9 Å². The van der Waals surface area contributed by atoms with Crippen LogP contribution in [0.3, 0.4) is 0 Å². The number of nitrogens with zero attached hydrogens (tertiary/aromatic N) is 4. The van der Waals surface area contributed by atoms with Crippen LogP contribution >= 0.6 is 0 Å². The third-order valence-corrected chi connectivity index (χ3v) is 6.13. The fourth-order valence-corrected chi connectivity index (χ4v) is 4.39. The molecule has 2 aliphatic rings. The third kappa shape index (κ3) is 4.03. The Bertz CT molecular complexity index is 995. The third-order valence-electron chi connectivity index (χ3n) is 6.13. The van der Waals surface area contributed by atoms with Crippen molar-refractivity contribution in [3.8, 4) is 5.69 Å². The van der Waals surface area contributed by atoms with Gasteiger partial charge in [0, 0.05) is 38.6 Å². The van der Waals surface area contributed by atoms with E-state index in [2.05, 4.69) is 52.5 Å². The van der Waals surface area contributed by atoms with Crippen molar-refractivity contribution in [2.24, 2.45) is 0 Å².